The third-order valence-corrected chi connectivity index (χ3v) is 5.07. The number of thiophene rings is 1. The van der Waals surface area contributed by atoms with Gasteiger partial charge in [0.05, 0.1) is 6.54 Å². The molecule has 0 amide bonds. The Bertz CT molecular complexity index is 747. The Morgan fingerprint density at radius 1 is 1.23 bits per heavy atom. The minimum Gasteiger partial charge on any atom is -0.307 e. The number of hydrogen-bond donors (Lipinski definition) is 1. The molecule has 22 heavy (non-hydrogen) atoms. The number of nitrogens with zero attached hydrogens (tertiary/aromatic N) is 3. The highest BCUT2D eigenvalue weighted by atomic mass is 32.1. The van der Waals surface area contributed by atoms with Crippen molar-refractivity contribution in [3.8, 4) is 11.1 Å². The maximum Gasteiger partial charge on any atom is 0.138 e. The lowest BCUT2D eigenvalue weighted by Crippen LogP contribution is -2.37. The Hall–Kier alpha value is -1.98. The van der Waals surface area contributed by atoms with E-state index in [0.717, 1.165) is 31.8 Å². The molecule has 0 saturated carbocycles. The molecule has 5 heteroatoms. The van der Waals surface area contributed by atoms with E-state index < -0.39 is 0 Å². The van der Waals surface area contributed by atoms with Crippen LogP contribution in [0.15, 0.2) is 48.1 Å². The molecule has 112 valence electrons. The standard InChI is InChI=1S/C17H18N4S/c1-2-4-13(5-3-1)14-8-16(22-11-14)9-18-15-6-7-17-19-12-20-21(17)10-15/h1-5,8,11-12,15,18H,6-7,9-10H2/t15-/m1/s1. The molecule has 0 radical (unpaired) electrons. The predicted molar refractivity (Wildman–Crippen MR) is 88.7 cm³/mol. The first-order valence-electron chi connectivity index (χ1n) is 7.61. The molecule has 4 rings (SSSR count). The van der Waals surface area contributed by atoms with Crippen LogP contribution in [0.5, 0.6) is 0 Å². The zero-order chi connectivity index (χ0) is 14.8. The highest BCUT2D eigenvalue weighted by Gasteiger charge is 2.19. The van der Waals surface area contributed by atoms with E-state index in [0.29, 0.717) is 6.04 Å². The Morgan fingerprint density at radius 3 is 3.05 bits per heavy atom. The smallest absolute Gasteiger partial charge is 0.138 e. The summed E-state index contributed by atoms with van der Waals surface area (Å²) in [7, 11) is 0. The van der Waals surface area contributed by atoms with Gasteiger partial charge in [-0.2, -0.15) is 5.10 Å². The second kappa shape index (κ2) is 6.02. The van der Waals surface area contributed by atoms with Crippen molar-refractivity contribution in [2.75, 3.05) is 0 Å². The maximum absolute atomic E-state index is 4.27. The minimum atomic E-state index is 0.483. The van der Waals surface area contributed by atoms with Crippen molar-refractivity contribution in [1.29, 1.82) is 0 Å². The molecule has 1 N–H and O–H groups in total. The lowest BCUT2D eigenvalue weighted by atomic mass is 10.1. The van der Waals surface area contributed by atoms with E-state index in [9.17, 15) is 0 Å². The Kier molecular flexibility index (Phi) is 3.74. The molecule has 0 bridgehead atoms. The van der Waals surface area contributed by atoms with Crippen molar-refractivity contribution in [2.24, 2.45) is 0 Å². The topological polar surface area (TPSA) is 42.7 Å². The fraction of sp³-hybridized carbons (Fsp3) is 0.294. The fourth-order valence-electron chi connectivity index (χ4n) is 2.90. The normalized spacial score (nSPS) is 17.4. The number of aromatic nitrogens is 3. The van der Waals surface area contributed by atoms with Gasteiger partial charge in [0.25, 0.3) is 0 Å². The maximum atomic E-state index is 4.27. The van der Waals surface area contributed by atoms with Crippen LogP contribution in [0, 0.1) is 0 Å². The molecule has 1 aromatic carbocycles. The molecule has 1 aliphatic heterocycles. The number of aryl methyl sites for hydroxylation is 1. The first-order valence-corrected chi connectivity index (χ1v) is 8.49. The van der Waals surface area contributed by atoms with Gasteiger partial charge in [0.1, 0.15) is 12.2 Å². The Morgan fingerprint density at radius 2 is 2.14 bits per heavy atom. The van der Waals surface area contributed by atoms with Gasteiger partial charge in [0, 0.05) is 23.9 Å². The van der Waals surface area contributed by atoms with Gasteiger partial charge in [0.2, 0.25) is 0 Å². The molecule has 1 atom stereocenters. The van der Waals surface area contributed by atoms with Gasteiger partial charge < -0.3 is 5.32 Å². The predicted octanol–water partition coefficient (Wildman–Crippen LogP) is 3.11. The van der Waals surface area contributed by atoms with E-state index >= 15 is 0 Å². The monoisotopic (exact) mass is 310 g/mol. The molecule has 3 aromatic rings. The third-order valence-electron chi connectivity index (χ3n) is 4.13. The summed E-state index contributed by atoms with van der Waals surface area (Å²) in [6.45, 7) is 1.85. The molecule has 1 aliphatic rings. The number of nitrogens with one attached hydrogen (secondary N) is 1. The first kappa shape index (κ1) is 13.7. The van der Waals surface area contributed by atoms with Crippen molar-refractivity contribution in [1.82, 2.24) is 20.1 Å². The SMILES string of the molecule is c1ccc(-c2csc(CN[C@@H]3CCc4ncnn4C3)c2)cc1. The second-order valence-corrected chi connectivity index (χ2v) is 6.64. The minimum absolute atomic E-state index is 0.483. The summed E-state index contributed by atoms with van der Waals surface area (Å²) < 4.78 is 2.02. The lowest BCUT2D eigenvalue weighted by molar-refractivity contribution is 0.359. The quantitative estimate of drug-likeness (QED) is 0.805. The molecule has 2 aromatic heterocycles. The van der Waals surface area contributed by atoms with Crippen LogP contribution in [-0.4, -0.2) is 20.8 Å². The van der Waals surface area contributed by atoms with E-state index in [1.54, 1.807) is 6.33 Å². The summed E-state index contributed by atoms with van der Waals surface area (Å²) in [6.07, 6.45) is 3.80. The van der Waals surface area contributed by atoms with Gasteiger partial charge in [-0.3, -0.25) is 0 Å². The Balaban J connectivity index is 1.38. The van der Waals surface area contributed by atoms with Crippen LogP contribution >= 0.6 is 11.3 Å². The summed E-state index contributed by atoms with van der Waals surface area (Å²) in [5, 5.41) is 10.2. The lowest BCUT2D eigenvalue weighted by Gasteiger charge is -2.23. The van der Waals surface area contributed by atoms with Crippen LogP contribution in [-0.2, 0) is 19.5 Å². The summed E-state index contributed by atoms with van der Waals surface area (Å²) in [5.41, 5.74) is 2.60. The fourth-order valence-corrected chi connectivity index (χ4v) is 3.75. The van der Waals surface area contributed by atoms with Crippen molar-refractivity contribution >= 4 is 11.3 Å². The van der Waals surface area contributed by atoms with Crippen molar-refractivity contribution < 1.29 is 0 Å². The van der Waals surface area contributed by atoms with E-state index in [1.165, 1.54) is 16.0 Å². The van der Waals surface area contributed by atoms with Crippen molar-refractivity contribution in [2.45, 2.75) is 32.0 Å². The molecule has 0 spiro atoms. The summed E-state index contributed by atoms with van der Waals surface area (Å²) >= 11 is 1.82. The van der Waals surface area contributed by atoms with Gasteiger partial charge >= 0.3 is 0 Å². The van der Waals surface area contributed by atoms with E-state index in [-0.39, 0.29) is 0 Å². The van der Waals surface area contributed by atoms with E-state index in [4.69, 9.17) is 0 Å². The molecule has 0 unspecified atom stereocenters. The Labute approximate surface area is 133 Å². The first-order chi connectivity index (χ1) is 10.9. The molecule has 4 nitrogen and oxygen atoms in total. The number of rotatable bonds is 4. The van der Waals surface area contributed by atoms with Gasteiger partial charge in [-0.25, -0.2) is 9.67 Å². The second-order valence-electron chi connectivity index (χ2n) is 5.64. The van der Waals surface area contributed by atoms with Gasteiger partial charge in [-0.15, -0.1) is 11.3 Å². The van der Waals surface area contributed by atoms with Crippen LogP contribution in [0.3, 0.4) is 0 Å². The zero-order valence-electron chi connectivity index (χ0n) is 12.3. The number of hydrogen-bond acceptors (Lipinski definition) is 4. The number of benzene rings is 1. The zero-order valence-corrected chi connectivity index (χ0v) is 13.1. The molecule has 0 saturated heterocycles. The van der Waals surface area contributed by atoms with Gasteiger partial charge in [-0.05, 0) is 29.0 Å². The molecule has 3 heterocycles. The highest BCUT2D eigenvalue weighted by Crippen LogP contribution is 2.25. The van der Waals surface area contributed by atoms with Gasteiger partial charge in [-0.1, -0.05) is 30.3 Å². The average Bonchev–Trinajstić information content (AvgIpc) is 3.22. The van der Waals surface area contributed by atoms with Crippen LogP contribution in [0.2, 0.25) is 0 Å². The summed E-state index contributed by atoms with van der Waals surface area (Å²) in [6, 6.07) is 13.3. The molecule has 0 fully saturated rings. The number of fused-ring (bicyclic) bond motifs is 1. The van der Waals surface area contributed by atoms with E-state index in [2.05, 4.69) is 57.2 Å². The molecule has 0 aliphatic carbocycles. The van der Waals surface area contributed by atoms with Crippen LogP contribution in [0.4, 0.5) is 0 Å². The highest BCUT2D eigenvalue weighted by molar-refractivity contribution is 7.10. The largest absolute Gasteiger partial charge is 0.307 e. The molecular weight excluding hydrogens is 292 g/mol. The van der Waals surface area contributed by atoms with Crippen molar-refractivity contribution in [3.63, 3.8) is 0 Å². The summed E-state index contributed by atoms with van der Waals surface area (Å²) in [5.74, 6) is 1.11. The van der Waals surface area contributed by atoms with E-state index in [1.807, 2.05) is 16.0 Å². The van der Waals surface area contributed by atoms with Crippen LogP contribution < -0.4 is 5.32 Å². The third kappa shape index (κ3) is 2.82. The van der Waals surface area contributed by atoms with Crippen LogP contribution in [0.25, 0.3) is 11.1 Å². The molecular formula is C17H18N4S. The van der Waals surface area contributed by atoms with Crippen molar-refractivity contribution in [3.05, 3.63) is 58.8 Å². The van der Waals surface area contributed by atoms with Gasteiger partial charge in [0.15, 0.2) is 0 Å². The average molecular weight is 310 g/mol. The van der Waals surface area contributed by atoms with Crippen LogP contribution in [0.1, 0.15) is 17.1 Å². The summed E-state index contributed by atoms with van der Waals surface area (Å²) in [4.78, 5) is 5.65.